The Balaban J connectivity index is 2.10. The summed E-state index contributed by atoms with van der Waals surface area (Å²) >= 11 is 4.29. The molecule has 2 aliphatic rings. The van der Waals surface area contributed by atoms with Gasteiger partial charge in [0.2, 0.25) is 0 Å². The van der Waals surface area contributed by atoms with Crippen molar-refractivity contribution in [2.24, 2.45) is 5.84 Å². The number of nitrogens with two attached hydrogens (primary N) is 1. The first kappa shape index (κ1) is 5.97. The quantitative estimate of drug-likeness (QED) is 0.355. The highest BCUT2D eigenvalue weighted by Gasteiger charge is 2.40. The van der Waals surface area contributed by atoms with Crippen LogP contribution in [0.15, 0.2) is 0 Å². The highest BCUT2D eigenvalue weighted by atomic mass is 32.1. The third-order valence-electron chi connectivity index (χ3n) is 2.25. The second-order valence-electron chi connectivity index (χ2n) is 2.86. The van der Waals surface area contributed by atoms with Crippen molar-refractivity contribution in [3.05, 3.63) is 0 Å². The average Bonchev–Trinajstić information content (AvgIpc) is 2.24. The summed E-state index contributed by atoms with van der Waals surface area (Å²) in [6.45, 7) is 2.03. The van der Waals surface area contributed by atoms with E-state index in [0.29, 0.717) is 12.1 Å². The molecule has 2 heterocycles. The summed E-state index contributed by atoms with van der Waals surface area (Å²) in [5.74, 6) is 5.65. The maximum absolute atomic E-state index is 5.65. The molecule has 2 bridgehead atoms. The lowest BCUT2D eigenvalue weighted by atomic mass is 10.2. The van der Waals surface area contributed by atoms with E-state index in [0.717, 1.165) is 13.1 Å². The van der Waals surface area contributed by atoms with Crippen molar-refractivity contribution in [1.82, 2.24) is 9.31 Å². The van der Waals surface area contributed by atoms with Crippen LogP contribution in [-0.2, 0) is 0 Å². The summed E-state index contributed by atoms with van der Waals surface area (Å²) in [6.07, 6.45) is 1.21. The molecule has 2 rings (SSSR count). The van der Waals surface area contributed by atoms with Gasteiger partial charge in [0, 0.05) is 25.2 Å². The summed E-state index contributed by atoms with van der Waals surface area (Å²) in [7, 11) is 0. The van der Waals surface area contributed by atoms with Gasteiger partial charge in [-0.1, -0.05) is 12.8 Å². The van der Waals surface area contributed by atoms with Crippen LogP contribution in [0.5, 0.6) is 0 Å². The minimum Gasteiger partial charge on any atom is -0.268 e. The second-order valence-corrected chi connectivity index (χ2v) is 3.38. The van der Waals surface area contributed by atoms with Gasteiger partial charge in [0.25, 0.3) is 0 Å². The van der Waals surface area contributed by atoms with Crippen LogP contribution in [0.2, 0.25) is 0 Å². The van der Waals surface area contributed by atoms with Crippen molar-refractivity contribution in [3.63, 3.8) is 0 Å². The van der Waals surface area contributed by atoms with Gasteiger partial charge in [0.15, 0.2) is 0 Å². The molecule has 2 unspecified atom stereocenters. The number of hydrogen-bond donors (Lipinski definition) is 2. The SMILES string of the molecule is NN1CC2CC1CN2S. The Morgan fingerprint density at radius 2 is 2.11 bits per heavy atom. The van der Waals surface area contributed by atoms with Crippen molar-refractivity contribution in [2.45, 2.75) is 18.5 Å². The van der Waals surface area contributed by atoms with Crippen LogP contribution in [0.25, 0.3) is 0 Å². The van der Waals surface area contributed by atoms with E-state index < -0.39 is 0 Å². The molecule has 2 saturated heterocycles. The number of hydrazine groups is 1. The topological polar surface area (TPSA) is 32.5 Å². The van der Waals surface area contributed by atoms with E-state index in [4.69, 9.17) is 5.84 Å². The maximum atomic E-state index is 5.65. The van der Waals surface area contributed by atoms with E-state index in [1.54, 1.807) is 0 Å². The predicted octanol–water partition coefficient (Wildman–Crippen LogP) is -0.537. The Kier molecular flexibility index (Phi) is 1.23. The molecule has 2 fully saturated rings. The summed E-state index contributed by atoms with van der Waals surface area (Å²) in [6, 6.07) is 1.19. The van der Waals surface area contributed by atoms with Crippen molar-refractivity contribution in [1.29, 1.82) is 0 Å². The smallest absolute Gasteiger partial charge is 0.0394 e. The monoisotopic (exact) mass is 145 g/mol. The molecular weight excluding hydrogens is 134 g/mol. The molecule has 52 valence electrons. The largest absolute Gasteiger partial charge is 0.268 e. The minimum absolute atomic E-state index is 0.576. The molecule has 4 heteroatoms. The molecule has 9 heavy (non-hydrogen) atoms. The Morgan fingerprint density at radius 3 is 2.44 bits per heavy atom. The summed E-state index contributed by atoms with van der Waals surface area (Å²) in [5, 5.41) is 1.93. The van der Waals surface area contributed by atoms with Crippen LogP contribution < -0.4 is 5.84 Å². The lowest BCUT2D eigenvalue weighted by Gasteiger charge is -2.26. The van der Waals surface area contributed by atoms with E-state index in [-0.39, 0.29) is 0 Å². The molecule has 0 saturated carbocycles. The molecule has 2 aliphatic heterocycles. The van der Waals surface area contributed by atoms with Gasteiger partial charge in [-0.3, -0.25) is 5.84 Å². The zero-order valence-electron chi connectivity index (χ0n) is 5.20. The minimum atomic E-state index is 0.576. The van der Waals surface area contributed by atoms with Crippen LogP contribution in [0.3, 0.4) is 0 Å². The molecule has 0 amide bonds. The van der Waals surface area contributed by atoms with Gasteiger partial charge in [-0.05, 0) is 6.42 Å². The number of hydrogen-bond acceptors (Lipinski definition) is 4. The zero-order valence-corrected chi connectivity index (χ0v) is 6.09. The maximum Gasteiger partial charge on any atom is 0.0394 e. The molecule has 2 N–H and O–H groups in total. The normalized spacial score (nSPS) is 44.7. The van der Waals surface area contributed by atoms with E-state index >= 15 is 0 Å². The number of fused-ring (bicyclic) bond motifs is 2. The number of piperazine rings is 1. The summed E-state index contributed by atoms with van der Waals surface area (Å²) < 4.78 is 2.09. The lowest BCUT2D eigenvalue weighted by molar-refractivity contribution is 0.194. The fourth-order valence-electron chi connectivity index (χ4n) is 1.68. The van der Waals surface area contributed by atoms with Crippen molar-refractivity contribution in [2.75, 3.05) is 13.1 Å². The second kappa shape index (κ2) is 1.85. The Hall–Kier alpha value is 0.230. The Morgan fingerprint density at radius 1 is 1.33 bits per heavy atom. The van der Waals surface area contributed by atoms with Gasteiger partial charge in [0.1, 0.15) is 0 Å². The van der Waals surface area contributed by atoms with E-state index in [1.807, 2.05) is 5.01 Å². The van der Waals surface area contributed by atoms with Gasteiger partial charge in [-0.15, -0.1) is 0 Å². The van der Waals surface area contributed by atoms with Gasteiger partial charge < -0.3 is 0 Å². The highest BCUT2D eigenvalue weighted by Crippen LogP contribution is 2.28. The molecule has 0 aromatic heterocycles. The molecule has 3 nitrogen and oxygen atoms in total. The molecule has 0 aromatic carbocycles. The van der Waals surface area contributed by atoms with Crippen LogP contribution >= 0.6 is 12.8 Å². The molecule has 0 aromatic rings. The lowest BCUT2D eigenvalue weighted by Crippen LogP contribution is -2.46. The Labute approximate surface area is 60.3 Å². The number of nitrogens with zero attached hydrogens (tertiary/aromatic N) is 2. The van der Waals surface area contributed by atoms with Gasteiger partial charge in [-0.25, -0.2) is 9.31 Å². The van der Waals surface area contributed by atoms with E-state index in [1.165, 1.54) is 6.42 Å². The van der Waals surface area contributed by atoms with Crippen LogP contribution in [0.4, 0.5) is 0 Å². The fraction of sp³-hybridized carbons (Fsp3) is 1.00. The fourth-order valence-corrected chi connectivity index (χ4v) is 2.03. The van der Waals surface area contributed by atoms with Gasteiger partial charge >= 0.3 is 0 Å². The third kappa shape index (κ3) is 0.781. The summed E-state index contributed by atoms with van der Waals surface area (Å²) in [4.78, 5) is 0. The van der Waals surface area contributed by atoms with E-state index in [9.17, 15) is 0 Å². The molecule has 0 spiro atoms. The van der Waals surface area contributed by atoms with Crippen LogP contribution in [-0.4, -0.2) is 34.5 Å². The number of rotatable bonds is 0. The van der Waals surface area contributed by atoms with Crippen LogP contribution in [0, 0.1) is 0 Å². The Bertz CT molecular complexity index is 111. The first-order chi connectivity index (χ1) is 4.27. The first-order valence-electron chi connectivity index (χ1n) is 3.24. The van der Waals surface area contributed by atoms with Gasteiger partial charge in [0.05, 0.1) is 0 Å². The standard InChI is InChI=1S/C5H11N3S/c6-7-2-5-1-4(7)3-8(5)9/h4-5,9H,1-3,6H2. The van der Waals surface area contributed by atoms with Crippen molar-refractivity contribution in [3.8, 4) is 0 Å². The van der Waals surface area contributed by atoms with Crippen molar-refractivity contribution < 1.29 is 0 Å². The van der Waals surface area contributed by atoms with E-state index in [2.05, 4.69) is 17.1 Å². The first-order valence-corrected chi connectivity index (χ1v) is 3.64. The third-order valence-corrected chi connectivity index (χ3v) is 2.74. The van der Waals surface area contributed by atoms with Crippen molar-refractivity contribution >= 4 is 12.8 Å². The molecule has 2 atom stereocenters. The molecular formula is C5H11N3S. The predicted molar refractivity (Wildman–Crippen MR) is 38.8 cm³/mol. The zero-order chi connectivity index (χ0) is 6.43. The highest BCUT2D eigenvalue weighted by molar-refractivity contribution is 7.77. The average molecular weight is 145 g/mol. The van der Waals surface area contributed by atoms with Crippen LogP contribution in [0.1, 0.15) is 6.42 Å². The number of thiol groups is 1. The van der Waals surface area contributed by atoms with Gasteiger partial charge in [-0.2, -0.15) is 0 Å². The molecule has 0 aliphatic carbocycles. The summed E-state index contributed by atoms with van der Waals surface area (Å²) in [5.41, 5.74) is 0. The molecule has 0 radical (unpaired) electrons.